The second kappa shape index (κ2) is 8.43. The molecule has 2 rings (SSSR count). The molecule has 0 aromatic carbocycles. The van der Waals surface area contributed by atoms with Gasteiger partial charge in [0.1, 0.15) is 0 Å². The molecule has 1 aromatic rings. The van der Waals surface area contributed by atoms with Gasteiger partial charge in [0.15, 0.2) is 0 Å². The number of hydrogen-bond donors (Lipinski definition) is 1. The first-order valence-electron chi connectivity index (χ1n) is 7.94. The first kappa shape index (κ1) is 17.9. The zero-order valence-corrected chi connectivity index (χ0v) is 16.0. The average molecular weight is 388 g/mol. The van der Waals surface area contributed by atoms with Crippen LogP contribution in [0, 0.1) is 5.92 Å². The van der Waals surface area contributed by atoms with Crippen molar-refractivity contribution in [1.82, 2.24) is 15.1 Å². The number of piperazine rings is 1. The third kappa shape index (κ3) is 5.33. The van der Waals surface area contributed by atoms with Crippen LogP contribution >= 0.6 is 27.3 Å². The maximum atomic E-state index is 12.2. The van der Waals surface area contributed by atoms with Crippen LogP contribution in [0.1, 0.15) is 25.6 Å². The third-order valence-corrected chi connectivity index (χ3v) is 5.64. The SMILES string of the molecule is CC(C)CNC(=O)C(C)N1CCN(Cc2ccc(Br)s2)CC1. The van der Waals surface area contributed by atoms with E-state index in [0.717, 1.165) is 39.3 Å². The van der Waals surface area contributed by atoms with Gasteiger partial charge >= 0.3 is 0 Å². The summed E-state index contributed by atoms with van der Waals surface area (Å²) in [6.45, 7) is 12.0. The summed E-state index contributed by atoms with van der Waals surface area (Å²) in [6, 6.07) is 4.26. The fraction of sp³-hybridized carbons (Fsp3) is 0.688. The molecule has 0 bridgehead atoms. The van der Waals surface area contributed by atoms with Gasteiger partial charge in [-0.05, 0) is 40.9 Å². The Kier molecular flexibility index (Phi) is 6.87. The molecule has 1 N–H and O–H groups in total. The van der Waals surface area contributed by atoms with Gasteiger partial charge < -0.3 is 5.32 Å². The Hall–Kier alpha value is -0.430. The number of thiophene rings is 1. The maximum Gasteiger partial charge on any atom is 0.237 e. The fourth-order valence-electron chi connectivity index (χ4n) is 2.58. The fourth-order valence-corrected chi connectivity index (χ4v) is 4.11. The van der Waals surface area contributed by atoms with Crippen molar-refractivity contribution in [2.75, 3.05) is 32.7 Å². The van der Waals surface area contributed by atoms with Gasteiger partial charge in [0.05, 0.1) is 9.83 Å². The Morgan fingerprint density at radius 3 is 2.50 bits per heavy atom. The molecule has 1 fully saturated rings. The van der Waals surface area contributed by atoms with Crippen LogP contribution in [0.3, 0.4) is 0 Å². The Morgan fingerprint density at radius 2 is 1.95 bits per heavy atom. The topological polar surface area (TPSA) is 35.6 Å². The van der Waals surface area contributed by atoms with Gasteiger partial charge in [-0.1, -0.05) is 13.8 Å². The Bertz CT molecular complexity index is 483. The molecule has 1 unspecified atom stereocenters. The highest BCUT2D eigenvalue weighted by Gasteiger charge is 2.25. The van der Waals surface area contributed by atoms with E-state index < -0.39 is 0 Å². The van der Waals surface area contributed by atoms with Gasteiger partial charge in [0, 0.05) is 44.1 Å². The normalized spacial score (nSPS) is 18.6. The van der Waals surface area contributed by atoms with Crippen molar-refractivity contribution in [2.45, 2.75) is 33.4 Å². The van der Waals surface area contributed by atoms with Crippen molar-refractivity contribution in [3.8, 4) is 0 Å². The molecule has 124 valence electrons. The van der Waals surface area contributed by atoms with Gasteiger partial charge in [-0.3, -0.25) is 14.6 Å². The lowest BCUT2D eigenvalue weighted by Crippen LogP contribution is -2.53. The quantitative estimate of drug-likeness (QED) is 0.814. The Morgan fingerprint density at radius 1 is 1.27 bits per heavy atom. The number of rotatable bonds is 6. The average Bonchev–Trinajstić information content (AvgIpc) is 2.90. The van der Waals surface area contributed by atoms with Crippen LogP contribution in [0.25, 0.3) is 0 Å². The second-order valence-corrected chi connectivity index (χ2v) is 8.88. The van der Waals surface area contributed by atoms with Crippen molar-refractivity contribution in [3.05, 3.63) is 20.8 Å². The van der Waals surface area contributed by atoms with E-state index in [0.29, 0.717) is 5.92 Å². The highest BCUT2D eigenvalue weighted by Crippen LogP contribution is 2.23. The minimum Gasteiger partial charge on any atom is -0.354 e. The van der Waals surface area contributed by atoms with Gasteiger partial charge in [-0.15, -0.1) is 11.3 Å². The van der Waals surface area contributed by atoms with Crippen LogP contribution in [0.2, 0.25) is 0 Å². The lowest BCUT2D eigenvalue weighted by atomic mass is 10.2. The summed E-state index contributed by atoms with van der Waals surface area (Å²) in [5.41, 5.74) is 0. The van der Waals surface area contributed by atoms with E-state index in [2.05, 4.69) is 57.0 Å². The van der Waals surface area contributed by atoms with E-state index >= 15 is 0 Å². The van der Waals surface area contributed by atoms with Crippen LogP contribution in [0.4, 0.5) is 0 Å². The van der Waals surface area contributed by atoms with Gasteiger partial charge in [0.2, 0.25) is 5.91 Å². The molecule has 0 saturated carbocycles. The van der Waals surface area contributed by atoms with Crippen LogP contribution in [-0.2, 0) is 11.3 Å². The van der Waals surface area contributed by atoms with Gasteiger partial charge in [-0.2, -0.15) is 0 Å². The molecule has 6 heteroatoms. The lowest BCUT2D eigenvalue weighted by Gasteiger charge is -2.37. The molecule has 0 aliphatic carbocycles. The minimum absolute atomic E-state index is 0.0308. The van der Waals surface area contributed by atoms with E-state index in [4.69, 9.17) is 0 Å². The number of nitrogens with zero attached hydrogens (tertiary/aromatic N) is 2. The summed E-state index contributed by atoms with van der Waals surface area (Å²) in [4.78, 5) is 18.3. The molecular formula is C16H26BrN3OS. The van der Waals surface area contributed by atoms with Crippen molar-refractivity contribution in [3.63, 3.8) is 0 Å². The standard InChI is InChI=1S/C16H26BrN3OS/c1-12(2)10-18-16(21)13(3)20-8-6-19(7-9-20)11-14-4-5-15(17)22-14/h4-5,12-13H,6-11H2,1-3H3,(H,18,21). The zero-order chi connectivity index (χ0) is 16.1. The van der Waals surface area contributed by atoms with Crippen LogP contribution < -0.4 is 5.32 Å². The number of carbonyl (C=O) groups is 1. The molecule has 1 atom stereocenters. The van der Waals surface area contributed by atoms with E-state index in [1.54, 1.807) is 11.3 Å². The predicted molar refractivity (Wildman–Crippen MR) is 96.2 cm³/mol. The molecule has 1 aliphatic heterocycles. The van der Waals surface area contributed by atoms with E-state index in [-0.39, 0.29) is 11.9 Å². The number of carbonyl (C=O) groups excluding carboxylic acids is 1. The zero-order valence-electron chi connectivity index (χ0n) is 13.6. The van der Waals surface area contributed by atoms with Crippen LogP contribution in [-0.4, -0.2) is 54.5 Å². The van der Waals surface area contributed by atoms with E-state index in [1.807, 2.05) is 6.92 Å². The van der Waals surface area contributed by atoms with Gasteiger partial charge in [0.25, 0.3) is 0 Å². The molecule has 1 aromatic heterocycles. The minimum atomic E-state index is -0.0308. The first-order chi connectivity index (χ1) is 10.5. The molecular weight excluding hydrogens is 362 g/mol. The van der Waals surface area contributed by atoms with Crippen molar-refractivity contribution in [1.29, 1.82) is 0 Å². The summed E-state index contributed by atoms with van der Waals surface area (Å²) in [6.07, 6.45) is 0. The number of halogens is 1. The van der Waals surface area contributed by atoms with E-state index in [1.165, 1.54) is 8.66 Å². The molecule has 4 nitrogen and oxygen atoms in total. The number of nitrogens with one attached hydrogen (secondary N) is 1. The maximum absolute atomic E-state index is 12.2. The highest BCUT2D eigenvalue weighted by atomic mass is 79.9. The summed E-state index contributed by atoms with van der Waals surface area (Å²) < 4.78 is 1.19. The van der Waals surface area contributed by atoms with Crippen molar-refractivity contribution >= 4 is 33.2 Å². The molecule has 1 amide bonds. The Balaban J connectivity index is 1.75. The number of hydrogen-bond acceptors (Lipinski definition) is 4. The summed E-state index contributed by atoms with van der Waals surface area (Å²) in [5, 5.41) is 3.04. The molecule has 0 spiro atoms. The predicted octanol–water partition coefficient (Wildman–Crippen LogP) is 2.79. The molecule has 2 heterocycles. The first-order valence-corrected chi connectivity index (χ1v) is 9.55. The summed E-state index contributed by atoms with van der Waals surface area (Å²) >= 11 is 5.31. The smallest absolute Gasteiger partial charge is 0.237 e. The van der Waals surface area contributed by atoms with Gasteiger partial charge in [-0.25, -0.2) is 0 Å². The van der Waals surface area contributed by atoms with Crippen molar-refractivity contribution < 1.29 is 4.79 Å². The monoisotopic (exact) mass is 387 g/mol. The van der Waals surface area contributed by atoms with Crippen LogP contribution in [0.15, 0.2) is 15.9 Å². The van der Waals surface area contributed by atoms with Crippen molar-refractivity contribution in [2.24, 2.45) is 5.92 Å². The molecule has 1 aliphatic rings. The third-order valence-electron chi connectivity index (χ3n) is 4.03. The van der Waals surface area contributed by atoms with Crippen LogP contribution in [0.5, 0.6) is 0 Å². The second-order valence-electron chi connectivity index (χ2n) is 6.33. The largest absolute Gasteiger partial charge is 0.354 e. The summed E-state index contributed by atoms with van der Waals surface area (Å²) in [7, 11) is 0. The molecule has 22 heavy (non-hydrogen) atoms. The molecule has 1 saturated heterocycles. The lowest BCUT2D eigenvalue weighted by molar-refractivity contribution is -0.126. The van der Waals surface area contributed by atoms with E-state index in [9.17, 15) is 4.79 Å². The highest BCUT2D eigenvalue weighted by molar-refractivity contribution is 9.11. The molecule has 0 radical (unpaired) electrons. The Labute approximate surface area is 146 Å². The number of amides is 1. The summed E-state index contributed by atoms with van der Waals surface area (Å²) in [5.74, 6) is 0.655.